The van der Waals surface area contributed by atoms with Crippen molar-refractivity contribution in [3.05, 3.63) is 82.3 Å². The average molecular weight is 460 g/mol. The molecule has 2 aromatic carbocycles. The van der Waals surface area contributed by atoms with Crippen molar-refractivity contribution in [3.8, 4) is 11.8 Å². The van der Waals surface area contributed by atoms with Gasteiger partial charge in [0.05, 0.1) is 17.8 Å². The molecule has 4 rings (SSSR count). The molecule has 1 fully saturated rings. The molecule has 0 unspecified atom stereocenters. The van der Waals surface area contributed by atoms with E-state index in [1.54, 1.807) is 28.8 Å². The standard InChI is InChI=1S/C26H26FN5O2/c1-16-17(2)32(22-5-3-4-20(27)12-22)26(23(16)13-28)30-24(33)15-31(21-10-11-21)14-18-6-8-19(9-7-18)25(29)34/h3-9,12,21H,10-11,14-15H2,1-2H3,(H2,29,34)(H,30,33). The van der Waals surface area contributed by atoms with Gasteiger partial charge in [0.15, 0.2) is 0 Å². The van der Waals surface area contributed by atoms with Crippen LogP contribution in [0, 0.1) is 31.0 Å². The maximum Gasteiger partial charge on any atom is 0.248 e. The van der Waals surface area contributed by atoms with E-state index in [1.807, 2.05) is 26.0 Å². The number of hydrogen-bond donors (Lipinski definition) is 2. The number of rotatable bonds is 8. The molecule has 0 atom stereocenters. The second-order valence-corrected chi connectivity index (χ2v) is 8.61. The Bertz CT molecular complexity index is 1290. The van der Waals surface area contributed by atoms with Gasteiger partial charge in [0.1, 0.15) is 17.7 Å². The predicted octanol–water partition coefficient (Wildman–Crippen LogP) is 3.81. The normalized spacial score (nSPS) is 13.0. The number of amides is 2. The number of benzene rings is 2. The van der Waals surface area contributed by atoms with Gasteiger partial charge >= 0.3 is 0 Å². The highest BCUT2D eigenvalue weighted by molar-refractivity contribution is 5.94. The summed E-state index contributed by atoms with van der Waals surface area (Å²) in [6.45, 7) is 4.33. The Morgan fingerprint density at radius 2 is 1.91 bits per heavy atom. The van der Waals surface area contributed by atoms with Crippen molar-refractivity contribution in [2.45, 2.75) is 39.3 Å². The van der Waals surface area contributed by atoms with Crippen molar-refractivity contribution in [2.75, 3.05) is 11.9 Å². The van der Waals surface area contributed by atoms with Crippen LogP contribution in [0.5, 0.6) is 0 Å². The molecule has 1 aromatic heterocycles. The smallest absolute Gasteiger partial charge is 0.248 e. The first-order chi connectivity index (χ1) is 16.3. The largest absolute Gasteiger partial charge is 0.366 e. The first-order valence-corrected chi connectivity index (χ1v) is 11.1. The van der Waals surface area contributed by atoms with E-state index in [0.29, 0.717) is 35.2 Å². The van der Waals surface area contributed by atoms with Gasteiger partial charge in [-0.2, -0.15) is 5.26 Å². The fraction of sp³-hybridized carbons (Fsp3) is 0.269. The number of carbonyl (C=O) groups excluding carboxylic acids is 2. The molecule has 0 radical (unpaired) electrons. The summed E-state index contributed by atoms with van der Waals surface area (Å²) in [6.07, 6.45) is 2.02. The van der Waals surface area contributed by atoms with E-state index >= 15 is 0 Å². The van der Waals surface area contributed by atoms with Crippen LogP contribution in [0.2, 0.25) is 0 Å². The highest BCUT2D eigenvalue weighted by atomic mass is 19.1. The van der Waals surface area contributed by atoms with Gasteiger partial charge in [0.25, 0.3) is 0 Å². The van der Waals surface area contributed by atoms with Crippen molar-refractivity contribution < 1.29 is 14.0 Å². The Hall–Kier alpha value is -3.96. The van der Waals surface area contributed by atoms with E-state index in [1.165, 1.54) is 12.1 Å². The topological polar surface area (TPSA) is 104 Å². The van der Waals surface area contributed by atoms with Gasteiger partial charge in [-0.05, 0) is 68.1 Å². The summed E-state index contributed by atoms with van der Waals surface area (Å²) in [5, 5.41) is 12.7. The number of nitrogens with two attached hydrogens (primary N) is 1. The lowest BCUT2D eigenvalue weighted by atomic mass is 10.1. The van der Waals surface area contributed by atoms with Gasteiger partial charge in [-0.1, -0.05) is 18.2 Å². The van der Waals surface area contributed by atoms with Crippen molar-refractivity contribution >= 4 is 17.6 Å². The van der Waals surface area contributed by atoms with Gasteiger partial charge in [0, 0.05) is 23.8 Å². The molecule has 3 N–H and O–H groups in total. The number of halogens is 1. The number of anilines is 1. The van der Waals surface area contributed by atoms with Crippen molar-refractivity contribution in [2.24, 2.45) is 5.73 Å². The van der Waals surface area contributed by atoms with E-state index in [-0.39, 0.29) is 12.5 Å². The van der Waals surface area contributed by atoms with Gasteiger partial charge in [-0.3, -0.25) is 19.1 Å². The van der Waals surface area contributed by atoms with Crippen LogP contribution in [0.1, 0.15) is 45.6 Å². The Morgan fingerprint density at radius 3 is 2.50 bits per heavy atom. The molecule has 7 nitrogen and oxygen atoms in total. The summed E-state index contributed by atoms with van der Waals surface area (Å²) >= 11 is 0. The molecular formula is C26H26FN5O2. The van der Waals surface area contributed by atoms with Crippen LogP contribution in [-0.4, -0.2) is 33.9 Å². The fourth-order valence-electron chi connectivity index (χ4n) is 4.12. The number of nitrogens with zero attached hydrogens (tertiary/aromatic N) is 3. The van der Waals surface area contributed by atoms with E-state index in [2.05, 4.69) is 16.3 Å². The minimum atomic E-state index is -0.481. The highest BCUT2D eigenvalue weighted by Gasteiger charge is 2.31. The van der Waals surface area contributed by atoms with Crippen LogP contribution in [0.25, 0.3) is 5.69 Å². The molecule has 1 aliphatic carbocycles. The second-order valence-electron chi connectivity index (χ2n) is 8.61. The molecule has 2 amide bonds. The highest BCUT2D eigenvalue weighted by Crippen LogP contribution is 2.31. The van der Waals surface area contributed by atoms with Crippen LogP contribution in [-0.2, 0) is 11.3 Å². The summed E-state index contributed by atoms with van der Waals surface area (Å²) in [5.74, 6) is -0.798. The lowest BCUT2D eigenvalue weighted by Crippen LogP contribution is -2.35. The molecule has 3 aromatic rings. The SMILES string of the molecule is Cc1c(C#N)c(NC(=O)CN(Cc2ccc(C(N)=O)cc2)C2CC2)n(-c2cccc(F)c2)c1C. The average Bonchev–Trinajstić information content (AvgIpc) is 3.61. The van der Waals surface area contributed by atoms with Crippen LogP contribution in [0.3, 0.4) is 0 Å². The zero-order valence-corrected chi connectivity index (χ0v) is 19.1. The molecule has 8 heteroatoms. The first-order valence-electron chi connectivity index (χ1n) is 11.1. The van der Waals surface area contributed by atoms with Crippen LogP contribution in [0.4, 0.5) is 10.2 Å². The van der Waals surface area contributed by atoms with Crippen LogP contribution in [0.15, 0.2) is 48.5 Å². The summed E-state index contributed by atoms with van der Waals surface area (Å²) < 4.78 is 15.6. The number of aromatic nitrogens is 1. The molecule has 1 saturated carbocycles. The van der Waals surface area contributed by atoms with Gasteiger partial charge < -0.3 is 11.1 Å². The maximum atomic E-state index is 13.9. The Balaban J connectivity index is 1.56. The second kappa shape index (κ2) is 9.49. The number of nitriles is 1. The Labute approximate surface area is 197 Å². The lowest BCUT2D eigenvalue weighted by molar-refractivity contribution is -0.117. The third-order valence-electron chi connectivity index (χ3n) is 6.18. The van der Waals surface area contributed by atoms with Crippen molar-refractivity contribution in [1.82, 2.24) is 9.47 Å². The monoisotopic (exact) mass is 459 g/mol. The molecule has 0 spiro atoms. The van der Waals surface area contributed by atoms with Crippen LogP contribution < -0.4 is 11.1 Å². The fourth-order valence-corrected chi connectivity index (χ4v) is 4.12. The van der Waals surface area contributed by atoms with Gasteiger partial charge in [0.2, 0.25) is 11.8 Å². The molecule has 34 heavy (non-hydrogen) atoms. The lowest BCUT2D eigenvalue weighted by Gasteiger charge is -2.22. The molecular weight excluding hydrogens is 433 g/mol. The maximum absolute atomic E-state index is 13.9. The van der Waals surface area contributed by atoms with E-state index in [9.17, 15) is 19.2 Å². The number of hydrogen-bond acceptors (Lipinski definition) is 4. The third-order valence-corrected chi connectivity index (χ3v) is 6.18. The Morgan fingerprint density at radius 1 is 1.21 bits per heavy atom. The molecule has 1 aliphatic rings. The first kappa shape index (κ1) is 23.2. The summed E-state index contributed by atoms with van der Waals surface area (Å²) in [4.78, 5) is 26.5. The zero-order chi connectivity index (χ0) is 24.4. The van der Waals surface area contributed by atoms with Gasteiger partial charge in [-0.15, -0.1) is 0 Å². The predicted molar refractivity (Wildman–Crippen MR) is 127 cm³/mol. The number of primary amides is 1. The summed E-state index contributed by atoms with van der Waals surface area (Å²) in [6, 6.07) is 15.6. The van der Waals surface area contributed by atoms with Gasteiger partial charge in [-0.25, -0.2) is 4.39 Å². The molecule has 0 aliphatic heterocycles. The van der Waals surface area contributed by atoms with Crippen LogP contribution >= 0.6 is 0 Å². The molecule has 1 heterocycles. The Kier molecular flexibility index (Phi) is 6.48. The molecule has 174 valence electrons. The quantitative estimate of drug-likeness (QED) is 0.535. The van der Waals surface area contributed by atoms with E-state index in [0.717, 1.165) is 29.7 Å². The summed E-state index contributed by atoms with van der Waals surface area (Å²) in [5.41, 5.74) is 9.10. The zero-order valence-electron chi connectivity index (χ0n) is 19.1. The summed E-state index contributed by atoms with van der Waals surface area (Å²) in [7, 11) is 0. The van der Waals surface area contributed by atoms with E-state index in [4.69, 9.17) is 5.73 Å². The number of nitrogens with one attached hydrogen (secondary N) is 1. The molecule has 0 bridgehead atoms. The molecule has 0 saturated heterocycles. The number of carbonyl (C=O) groups is 2. The van der Waals surface area contributed by atoms with E-state index < -0.39 is 11.7 Å². The van der Waals surface area contributed by atoms with Crippen molar-refractivity contribution in [1.29, 1.82) is 5.26 Å². The minimum absolute atomic E-state index is 0.138. The third kappa shape index (κ3) is 4.85. The van der Waals surface area contributed by atoms with Crippen molar-refractivity contribution in [3.63, 3.8) is 0 Å². The minimum Gasteiger partial charge on any atom is -0.366 e.